The number of carboxylic acids is 1. The third kappa shape index (κ3) is 5.60. The van der Waals surface area contributed by atoms with Crippen LogP contribution in [0.5, 0.6) is 0 Å². The molecule has 2 atom stereocenters. The Morgan fingerprint density at radius 2 is 1.56 bits per heavy atom. The number of fused-ring (bicyclic) bond motifs is 1. The number of rotatable bonds is 8. The van der Waals surface area contributed by atoms with Crippen LogP contribution in [-0.2, 0) is 23.9 Å². The third-order valence-electron chi connectivity index (χ3n) is 6.01. The molecule has 0 aliphatic heterocycles. The lowest BCUT2D eigenvalue weighted by atomic mass is 9.95. The van der Waals surface area contributed by atoms with Gasteiger partial charge in [0.2, 0.25) is 0 Å². The van der Waals surface area contributed by atoms with Crippen LogP contribution in [0.3, 0.4) is 0 Å². The second kappa shape index (κ2) is 10.3. The maximum atomic E-state index is 12.8. The van der Waals surface area contributed by atoms with Crippen LogP contribution >= 0.6 is 0 Å². The molecule has 4 aromatic rings. The molecule has 10 heteroatoms. The Hall–Kier alpha value is -4.05. The number of aromatic nitrogens is 3. The van der Waals surface area contributed by atoms with E-state index in [4.69, 9.17) is 0 Å². The molecule has 0 amide bonds. The minimum absolute atomic E-state index is 0.117. The van der Waals surface area contributed by atoms with Crippen LogP contribution in [0.15, 0.2) is 77.6 Å². The van der Waals surface area contributed by atoms with E-state index in [2.05, 4.69) is 10.3 Å². The monoisotopic (exact) mass is 497 g/mol. The molecular weight excluding hydrogens is 475 g/mol. The molecule has 0 unspecified atom stereocenters. The van der Waals surface area contributed by atoms with Crippen LogP contribution in [-0.4, -0.2) is 37.3 Å². The first-order chi connectivity index (χ1) is 17.1. The van der Waals surface area contributed by atoms with Crippen molar-refractivity contribution in [2.75, 3.05) is 0 Å². The van der Waals surface area contributed by atoms with Crippen LogP contribution in [0.2, 0.25) is 0 Å². The van der Waals surface area contributed by atoms with Crippen molar-refractivity contribution in [3.8, 4) is 11.1 Å². The third-order valence-corrected chi connectivity index (χ3v) is 6.01. The number of carboxylic acid groups (broad SMARTS) is 1. The summed E-state index contributed by atoms with van der Waals surface area (Å²) in [5.74, 6) is -2.54. The fourth-order valence-corrected chi connectivity index (χ4v) is 3.92. The Kier molecular flexibility index (Phi) is 7.16. The summed E-state index contributed by atoms with van der Waals surface area (Å²) < 4.78 is 39.2. The van der Waals surface area contributed by atoms with Gasteiger partial charge in [0.25, 0.3) is 5.56 Å². The van der Waals surface area contributed by atoms with Crippen LogP contribution < -0.4 is 5.56 Å². The average Bonchev–Trinajstić information content (AvgIpc) is 2.87. The van der Waals surface area contributed by atoms with E-state index >= 15 is 0 Å². The summed E-state index contributed by atoms with van der Waals surface area (Å²) in [6.45, 7) is -0.333. The molecule has 186 valence electrons. The highest BCUT2D eigenvalue weighted by Crippen LogP contribution is 2.31. The first kappa shape index (κ1) is 25.1. The molecule has 0 bridgehead atoms. The molecule has 0 radical (unpaired) electrons. The van der Waals surface area contributed by atoms with Gasteiger partial charge in [-0.25, -0.2) is 4.68 Å². The van der Waals surface area contributed by atoms with Crippen molar-refractivity contribution < 1.29 is 28.2 Å². The number of aliphatic carboxylic acids is 1. The lowest BCUT2D eigenvalue weighted by Gasteiger charge is -2.19. The first-order valence-corrected chi connectivity index (χ1v) is 11.1. The van der Waals surface area contributed by atoms with Gasteiger partial charge in [-0.3, -0.25) is 9.59 Å². The number of hydrogen-bond acceptors (Lipinski definition) is 5. The molecule has 0 fully saturated rings. The largest absolute Gasteiger partial charge is 0.481 e. The zero-order valence-corrected chi connectivity index (χ0v) is 18.9. The van der Waals surface area contributed by atoms with Gasteiger partial charge in [0.1, 0.15) is 11.4 Å². The number of carbonyl (C=O) groups is 1. The molecule has 36 heavy (non-hydrogen) atoms. The van der Waals surface area contributed by atoms with E-state index < -0.39 is 35.3 Å². The van der Waals surface area contributed by atoms with E-state index in [1.165, 1.54) is 12.1 Å². The average molecular weight is 497 g/mol. The van der Waals surface area contributed by atoms with E-state index in [0.29, 0.717) is 22.9 Å². The molecule has 0 aliphatic rings. The number of hydrogen-bond donors (Lipinski definition) is 2. The highest BCUT2D eigenvalue weighted by molar-refractivity contribution is 5.76. The van der Waals surface area contributed by atoms with Gasteiger partial charge in [-0.1, -0.05) is 53.7 Å². The zero-order chi connectivity index (χ0) is 25.9. The van der Waals surface area contributed by atoms with Crippen molar-refractivity contribution in [3.63, 3.8) is 0 Å². The molecular formula is C26H22F3N3O4. The van der Waals surface area contributed by atoms with Gasteiger partial charge in [-0.15, -0.1) is 5.10 Å². The maximum Gasteiger partial charge on any atom is 0.416 e. The van der Waals surface area contributed by atoms with E-state index in [1.807, 2.05) is 0 Å². The number of aliphatic hydroxyl groups excluding tert-OH is 1. The second-order valence-corrected chi connectivity index (χ2v) is 8.42. The molecule has 0 saturated heterocycles. The summed E-state index contributed by atoms with van der Waals surface area (Å²) in [4.78, 5) is 24.5. The van der Waals surface area contributed by atoms with Gasteiger partial charge in [-0.05, 0) is 53.8 Å². The van der Waals surface area contributed by atoms with Gasteiger partial charge in [0, 0.05) is 0 Å². The van der Waals surface area contributed by atoms with Gasteiger partial charge >= 0.3 is 12.1 Å². The summed E-state index contributed by atoms with van der Waals surface area (Å²) in [6, 6.07) is 18.5. The number of aryl methyl sites for hydroxylation is 1. The van der Waals surface area contributed by atoms with Crippen molar-refractivity contribution >= 4 is 16.9 Å². The molecule has 2 N–H and O–H groups in total. The second-order valence-electron chi connectivity index (χ2n) is 8.42. The lowest BCUT2D eigenvalue weighted by Crippen LogP contribution is -2.37. The van der Waals surface area contributed by atoms with Crippen LogP contribution in [0.4, 0.5) is 13.2 Å². The molecule has 0 aliphatic carbocycles. The molecule has 0 spiro atoms. The summed E-state index contributed by atoms with van der Waals surface area (Å²) in [7, 11) is 0. The topological polar surface area (TPSA) is 105 Å². The van der Waals surface area contributed by atoms with E-state index in [1.54, 1.807) is 48.5 Å². The zero-order valence-electron chi connectivity index (χ0n) is 18.9. The Bertz CT molecular complexity index is 1420. The number of benzene rings is 3. The van der Waals surface area contributed by atoms with Gasteiger partial charge in [0.15, 0.2) is 0 Å². The Morgan fingerprint density at radius 3 is 2.17 bits per heavy atom. The molecule has 3 aromatic carbocycles. The van der Waals surface area contributed by atoms with Crippen LogP contribution in [0.25, 0.3) is 22.0 Å². The Morgan fingerprint density at radius 1 is 0.944 bits per heavy atom. The molecule has 1 aromatic heterocycles. The Labute approximate surface area is 203 Å². The predicted octanol–water partition coefficient (Wildman–Crippen LogP) is 4.17. The SMILES string of the molecule is O=C(O)[C@@H](Cn1nnc2ccccc2c1=O)[C@H](O)CCc1ccc(-c2ccc(C(F)(F)F)cc2)cc1. The minimum atomic E-state index is -4.40. The van der Waals surface area contributed by atoms with Crippen molar-refractivity contribution in [3.05, 3.63) is 94.3 Å². The van der Waals surface area contributed by atoms with Crippen molar-refractivity contribution in [1.82, 2.24) is 15.0 Å². The molecule has 0 saturated carbocycles. The quantitative estimate of drug-likeness (QED) is 0.379. The Balaban J connectivity index is 1.41. The highest BCUT2D eigenvalue weighted by atomic mass is 19.4. The predicted molar refractivity (Wildman–Crippen MR) is 126 cm³/mol. The van der Waals surface area contributed by atoms with Gasteiger partial charge < -0.3 is 10.2 Å². The number of aliphatic hydroxyl groups is 1. The minimum Gasteiger partial charge on any atom is -0.481 e. The normalized spacial score (nSPS) is 13.4. The summed E-state index contributed by atoms with van der Waals surface area (Å²) >= 11 is 0. The molecule has 4 rings (SSSR count). The summed E-state index contributed by atoms with van der Waals surface area (Å²) in [5, 5.41) is 28.3. The number of alkyl halides is 3. The highest BCUT2D eigenvalue weighted by Gasteiger charge is 2.30. The maximum absolute atomic E-state index is 12.8. The van der Waals surface area contributed by atoms with Gasteiger partial charge in [0.05, 0.1) is 23.6 Å². The lowest BCUT2D eigenvalue weighted by molar-refractivity contribution is -0.146. The number of halogens is 3. The van der Waals surface area contributed by atoms with Crippen molar-refractivity contribution in [1.29, 1.82) is 0 Å². The van der Waals surface area contributed by atoms with Crippen LogP contribution in [0.1, 0.15) is 17.5 Å². The summed E-state index contributed by atoms with van der Waals surface area (Å²) in [5.41, 5.74) is 1.36. The molecule has 7 nitrogen and oxygen atoms in total. The summed E-state index contributed by atoms with van der Waals surface area (Å²) in [6.07, 6.45) is -5.17. The smallest absolute Gasteiger partial charge is 0.416 e. The number of nitrogens with zero attached hydrogens (tertiary/aromatic N) is 3. The standard InChI is InChI=1S/C26H22F3N3O4/c27-26(28,29)19-12-10-18(11-13-19)17-8-5-16(6-9-17)7-14-23(33)21(25(35)36)15-32-24(34)20-3-1-2-4-22(20)30-31-32/h1-6,8-13,21,23,33H,7,14-15H2,(H,35,36)/t21-,23+/m0/s1. The van der Waals surface area contributed by atoms with Gasteiger partial charge in [-0.2, -0.15) is 13.2 Å². The fraction of sp³-hybridized carbons (Fsp3) is 0.231. The van der Waals surface area contributed by atoms with Crippen molar-refractivity contribution in [2.45, 2.75) is 31.7 Å². The van der Waals surface area contributed by atoms with E-state index in [9.17, 15) is 33.0 Å². The van der Waals surface area contributed by atoms with Crippen LogP contribution in [0, 0.1) is 5.92 Å². The van der Waals surface area contributed by atoms with Crippen molar-refractivity contribution in [2.24, 2.45) is 5.92 Å². The molecule has 1 heterocycles. The van der Waals surface area contributed by atoms with E-state index in [0.717, 1.165) is 27.9 Å². The first-order valence-electron chi connectivity index (χ1n) is 11.1. The van der Waals surface area contributed by atoms with E-state index in [-0.39, 0.29) is 13.0 Å². The fourth-order valence-electron chi connectivity index (χ4n) is 3.92.